The molecular weight excluding hydrogens is 570 g/mol. The zero-order valence-corrected chi connectivity index (χ0v) is 18.4. The SMILES string of the molecule is C1CCCC[Se][Se][Se][Se][Se][Se]CCC1. The summed E-state index contributed by atoms with van der Waals surface area (Å²) in [6.07, 6.45) is 9.31. The first kappa shape index (κ1) is 15.2. The van der Waals surface area contributed by atoms with E-state index < -0.39 is 0 Å². The molecule has 1 fully saturated rings. The van der Waals surface area contributed by atoms with E-state index in [2.05, 4.69) is 0 Å². The standard InChI is InChI=1S/C8H16Se6/c1-2-4-6-8-10-12-14-13-11-9-7-5-3-1/h1-8H2. The quantitative estimate of drug-likeness (QED) is 0.372. The zero-order chi connectivity index (χ0) is 9.90. The summed E-state index contributed by atoms with van der Waals surface area (Å²) < 4.78 is 0. The second-order valence-corrected chi connectivity index (χ2v) is 48.8. The van der Waals surface area contributed by atoms with Crippen LogP contribution in [0.1, 0.15) is 38.5 Å². The van der Waals surface area contributed by atoms with Crippen molar-refractivity contribution in [3.05, 3.63) is 0 Å². The van der Waals surface area contributed by atoms with E-state index in [1.807, 2.05) is 0 Å². The van der Waals surface area contributed by atoms with Crippen molar-refractivity contribution >= 4 is 71.5 Å². The molecule has 1 saturated heterocycles. The van der Waals surface area contributed by atoms with Crippen molar-refractivity contribution in [1.29, 1.82) is 0 Å². The van der Waals surface area contributed by atoms with Crippen LogP contribution in [0.5, 0.6) is 0 Å². The van der Waals surface area contributed by atoms with Crippen LogP contribution in [0.2, 0.25) is 10.6 Å². The molecule has 0 amide bonds. The summed E-state index contributed by atoms with van der Waals surface area (Å²) in [4.78, 5) is 0. The number of hydrogen-bond acceptors (Lipinski definition) is 0. The molecule has 1 aliphatic rings. The van der Waals surface area contributed by atoms with Gasteiger partial charge in [0, 0.05) is 0 Å². The first-order valence-corrected chi connectivity index (χ1v) is 29.0. The van der Waals surface area contributed by atoms with Crippen LogP contribution >= 0.6 is 0 Å². The maximum atomic E-state index is 1.63. The number of hydrogen-bond donors (Lipinski definition) is 0. The molecule has 84 valence electrons. The second kappa shape index (κ2) is 12.6. The van der Waals surface area contributed by atoms with Gasteiger partial charge in [0.1, 0.15) is 0 Å². The van der Waals surface area contributed by atoms with Gasteiger partial charge in [-0.15, -0.1) is 0 Å². The molecule has 1 heterocycles. The van der Waals surface area contributed by atoms with Crippen LogP contribution in [0.3, 0.4) is 0 Å². The molecule has 1 rings (SSSR count). The first-order chi connectivity index (χ1) is 7.00. The predicted molar refractivity (Wildman–Crippen MR) is 71.8 cm³/mol. The van der Waals surface area contributed by atoms with Crippen molar-refractivity contribution in [3.63, 3.8) is 0 Å². The van der Waals surface area contributed by atoms with Crippen LogP contribution in [-0.2, 0) is 0 Å². The Hall–Kier alpha value is 3.12. The molecule has 1 aliphatic heterocycles. The topological polar surface area (TPSA) is 0 Å². The summed E-state index contributed by atoms with van der Waals surface area (Å²) >= 11 is 6.94. The third kappa shape index (κ3) is 10.3. The Bertz CT molecular complexity index is 67.1. The average molecular weight is 586 g/mol. The molecule has 0 unspecified atom stereocenters. The van der Waals surface area contributed by atoms with Gasteiger partial charge in [-0.3, -0.25) is 0 Å². The van der Waals surface area contributed by atoms with Gasteiger partial charge < -0.3 is 0 Å². The monoisotopic (exact) mass is 592 g/mol. The Kier molecular flexibility index (Phi) is 13.6. The van der Waals surface area contributed by atoms with Gasteiger partial charge in [0.2, 0.25) is 0 Å². The van der Waals surface area contributed by atoms with Crippen LogP contribution < -0.4 is 0 Å². The maximum absolute atomic E-state index is 1.63. The van der Waals surface area contributed by atoms with Crippen LogP contribution in [0.15, 0.2) is 0 Å². The van der Waals surface area contributed by atoms with Crippen molar-refractivity contribution in [2.45, 2.75) is 49.2 Å². The predicted octanol–water partition coefficient (Wildman–Crippen LogP) is 0.977. The summed E-state index contributed by atoms with van der Waals surface area (Å²) in [7, 11) is 0. The second-order valence-electron chi connectivity index (χ2n) is 3.04. The Morgan fingerprint density at radius 3 is 1.36 bits per heavy atom. The fraction of sp³-hybridized carbons (Fsp3) is 1.00. The van der Waals surface area contributed by atoms with E-state index in [9.17, 15) is 0 Å². The minimum absolute atomic E-state index is 1.11. The molecule has 0 aromatic heterocycles. The molecule has 0 bridgehead atoms. The van der Waals surface area contributed by atoms with Crippen molar-refractivity contribution in [3.8, 4) is 0 Å². The molecule has 0 radical (unpaired) electrons. The van der Waals surface area contributed by atoms with Crippen LogP contribution in [0.4, 0.5) is 0 Å². The van der Waals surface area contributed by atoms with Gasteiger partial charge in [0.25, 0.3) is 0 Å². The summed E-state index contributed by atoms with van der Waals surface area (Å²) in [5, 5.41) is 3.26. The Morgan fingerprint density at radius 1 is 0.429 bits per heavy atom. The normalized spacial score (nSPS) is 24.0. The van der Waals surface area contributed by atoms with Crippen LogP contribution in [0.25, 0.3) is 0 Å². The zero-order valence-electron chi connectivity index (χ0n) is 8.11. The van der Waals surface area contributed by atoms with Crippen molar-refractivity contribution in [2.24, 2.45) is 0 Å². The molecule has 6 heteroatoms. The molecule has 0 atom stereocenters. The fourth-order valence-corrected chi connectivity index (χ4v) is 129. The molecule has 0 aliphatic carbocycles. The Labute approximate surface area is 119 Å². The Morgan fingerprint density at radius 2 is 0.857 bits per heavy atom. The number of rotatable bonds is 0. The molecule has 0 N–H and O–H groups in total. The third-order valence-corrected chi connectivity index (χ3v) is 81.5. The first-order valence-electron chi connectivity index (χ1n) is 4.91. The van der Waals surface area contributed by atoms with E-state index >= 15 is 0 Å². The van der Waals surface area contributed by atoms with Crippen molar-refractivity contribution < 1.29 is 0 Å². The fourth-order valence-electron chi connectivity index (χ4n) is 1.16. The Balaban J connectivity index is 2.00. The van der Waals surface area contributed by atoms with Gasteiger partial charge in [-0.2, -0.15) is 0 Å². The van der Waals surface area contributed by atoms with Gasteiger partial charge in [0.05, 0.1) is 0 Å². The van der Waals surface area contributed by atoms with E-state index in [-0.39, 0.29) is 0 Å². The molecule has 0 saturated carbocycles. The summed E-state index contributed by atoms with van der Waals surface area (Å²) in [6.45, 7) is 0. The van der Waals surface area contributed by atoms with E-state index in [0.29, 0.717) is 0 Å². The van der Waals surface area contributed by atoms with E-state index in [4.69, 9.17) is 0 Å². The van der Waals surface area contributed by atoms with Crippen LogP contribution in [-0.4, -0.2) is 71.5 Å². The average Bonchev–Trinajstić information content (AvgIpc) is 2.22. The van der Waals surface area contributed by atoms with Gasteiger partial charge in [0.15, 0.2) is 0 Å². The molecular formula is C8H16Se6. The van der Waals surface area contributed by atoms with E-state index in [1.165, 1.54) is 58.1 Å². The molecule has 0 nitrogen and oxygen atoms in total. The van der Waals surface area contributed by atoms with E-state index in [1.54, 1.807) is 36.3 Å². The van der Waals surface area contributed by atoms with Gasteiger partial charge in [-0.05, 0) is 0 Å². The summed E-state index contributed by atoms with van der Waals surface area (Å²) in [6, 6.07) is 0. The van der Waals surface area contributed by atoms with Crippen molar-refractivity contribution in [2.75, 3.05) is 0 Å². The molecule has 0 aromatic carbocycles. The van der Waals surface area contributed by atoms with Gasteiger partial charge >= 0.3 is 121 Å². The van der Waals surface area contributed by atoms with E-state index in [0.717, 1.165) is 26.3 Å². The molecule has 14 heavy (non-hydrogen) atoms. The summed E-state index contributed by atoms with van der Waals surface area (Å²) in [5.74, 6) is 0. The molecule has 0 aromatic rings. The van der Waals surface area contributed by atoms with Gasteiger partial charge in [-0.25, -0.2) is 0 Å². The minimum atomic E-state index is 1.11. The van der Waals surface area contributed by atoms with Gasteiger partial charge in [-0.1, -0.05) is 0 Å². The van der Waals surface area contributed by atoms with Crippen LogP contribution in [0, 0.1) is 0 Å². The third-order valence-electron chi connectivity index (χ3n) is 1.88. The molecule has 0 spiro atoms. The summed E-state index contributed by atoms with van der Waals surface area (Å²) in [5.41, 5.74) is 0. The van der Waals surface area contributed by atoms with Crippen molar-refractivity contribution in [1.82, 2.24) is 0 Å².